The van der Waals surface area contributed by atoms with Crippen molar-refractivity contribution in [1.29, 1.82) is 0 Å². The quantitative estimate of drug-likeness (QED) is 0.655. The lowest BCUT2D eigenvalue weighted by atomic mass is 10.2. The molecule has 0 aliphatic carbocycles. The topological polar surface area (TPSA) is 64.3 Å². The number of nitrogen functional groups attached to an aromatic ring is 1. The molecule has 2 aromatic rings. The first-order valence-corrected chi connectivity index (χ1v) is 7.06. The first-order valence-electron chi connectivity index (χ1n) is 6.26. The summed E-state index contributed by atoms with van der Waals surface area (Å²) in [5.41, 5.74) is 7.90. The smallest absolute Gasteiger partial charge is 0.248 e. The van der Waals surface area contributed by atoms with E-state index in [-0.39, 0.29) is 5.91 Å². The molecule has 1 amide bonds. The fraction of sp³-hybridized carbons (Fsp3) is 0.0625. The number of hydrogen-bond donors (Lipinski definition) is 2. The Hall–Kier alpha value is -2.27. The van der Waals surface area contributed by atoms with Gasteiger partial charge in [0.15, 0.2) is 0 Å². The van der Waals surface area contributed by atoms with E-state index in [0.717, 1.165) is 10.0 Å². The van der Waals surface area contributed by atoms with Gasteiger partial charge in [0.2, 0.25) is 5.91 Å². The summed E-state index contributed by atoms with van der Waals surface area (Å²) in [7, 11) is 1.59. The maximum atomic E-state index is 11.8. The van der Waals surface area contributed by atoms with Gasteiger partial charge in [-0.1, -0.05) is 12.1 Å². The molecule has 0 aliphatic heterocycles. The van der Waals surface area contributed by atoms with Crippen LogP contribution in [0, 0.1) is 0 Å². The van der Waals surface area contributed by atoms with Gasteiger partial charge in [-0.2, -0.15) is 0 Å². The Kier molecular flexibility index (Phi) is 5.00. The molecule has 21 heavy (non-hydrogen) atoms. The molecule has 0 aliphatic rings. The number of carbonyl (C=O) groups excluding carboxylic acids is 1. The third-order valence-corrected chi connectivity index (χ3v) is 3.40. The van der Waals surface area contributed by atoms with Gasteiger partial charge in [-0.15, -0.1) is 0 Å². The van der Waals surface area contributed by atoms with Crippen molar-refractivity contribution in [3.8, 4) is 5.75 Å². The van der Waals surface area contributed by atoms with E-state index in [1.54, 1.807) is 43.5 Å². The molecule has 4 nitrogen and oxygen atoms in total. The Bertz CT molecular complexity index is 666. The summed E-state index contributed by atoms with van der Waals surface area (Å²) in [4.78, 5) is 11.8. The van der Waals surface area contributed by atoms with Gasteiger partial charge >= 0.3 is 0 Å². The van der Waals surface area contributed by atoms with E-state index in [4.69, 9.17) is 10.5 Å². The average Bonchev–Trinajstić information content (AvgIpc) is 2.47. The van der Waals surface area contributed by atoms with E-state index in [2.05, 4.69) is 21.2 Å². The first-order chi connectivity index (χ1) is 10.1. The number of halogens is 1. The summed E-state index contributed by atoms with van der Waals surface area (Å²) in [6.07, 6.45) is 3.21. The van der Waals surface area contributed by atoms with Crippen LogP contribution >= 0.6 is 15.9 Å². The van der Waals surface area contributed by atoms with Gasteiger partial charge < -0.3 is 15.8 Å². The van der Waals surface area contributed by atoms with Crippen molar-refractivity contribution in [2.45, 2.75) is 0 Å². The SMILES string of the molecule is COc1ccc(NC(=O)/C=C/c2ccc(N)cc2)cc1Br. The second-order valence-corrected chi connectivity index (χ2v) is 5.19. The summed E-state index contributed by atoms with van der Waals surface area (Å²) in [5, 5.41) is 2.78. The molecular formula is C16H15BrN2O2. The van der Waals surface area contributed by atoms with Gasteiger partial charge in [0, 0.05) is 17.5 Å². The third kappa shape index (κ3) is 4.36. The highest BCUT2D eigenvalue weighted by molar-refractivity contribution is 9.10. The summed E-state index contributed by atoms with van der Waals surface area (Å²) in [5.74, 6) is 0.509. The summed E-state index contributed by atoms with van der Waals surface area (Å²) in [6, 6.07) is 12.6. The van der Waals surface area contributed by atoms with E-state index < -0.39 is 0 Å². The number of anilines is 2. The molecule has 0 bridgehead atoms. The number of benzene rings is 2. The molecule has 108 valence electrons. The molecule has 3 N–H and O–H groups in total. The summed E-state index contributed by atoms with van der Waals surface area (Å²) >= 11 is 3.37. The van der Waals surface area contributed by atoms with Crippen molar-refractivity contribution in [2.75, 3.05) is 18.2 Å². The number of carbonyl (C=O) groups is 1. The number of nitrogens with one attached hydrogen (secondary N) is 1. The Morgan fingerprint density at radius 2 is 1.95 bits per heavy atom. The first kappa shape index (κ1) is 15.1. The van der Waals surface area contributed by atoms with E-state index in [1.807, 2.05) is 12.1 Å². The molecule has 0 aromatic heterocycles. The van der Waals surface area contributed by atoms with Crippen molar-refractivity contribution in [1.82, 2.24) is 0 Å². The van der Waals surface area contributed by atoms with Gasteiger partial charge in [0.1, 0.15) is 5.75 Å². The fourth-order valence-corrected chi connectivity index (χ4v) is 2.25. The molecule has 5 heteroatoms. The molecule has 0 radical (unpaired) electrons. The second-order valence-electron chi connectivity index (χ2n) is 4.34. The van der Waals surface area contributed by atoms with Crippen LogP contribution in [-0.4, -0.2) is 13.0 Å². The molecule has 2 aromatic carbocycles. The van der Waals surface area contributed by atoms with Crippen LogP contribution in [-0.2, 0) is 4.79 Å². The molecule has 2 rings (SSSR count). The third-order valence-electron chi connectivity index (χ3n) is 2.78. The highest BCUT2D eigenvalue weighted by atomic mass is 79.9. The lowest BCUT2D eigenvalue weighted by Gasteiger charge is -2.06. The zero-order valence-electron chi connectivity index (χ0n) is 11.5. The van der Waals surface area contributed by atoms with Crippen LogP contribution in [0.2, 0.25) is 0 Å². The molecule has 0 atom stereocenters. The lowest BCUT2D eigenvalue weighted by molar-refractivity contribution is -0.111. The van der Waals surface area contributed by atoms with E-state index in [1.165, 1.54) is 6.08 Å². The minimum Gasteiger partial charge on any atom is -0.496 e. The standard InChI is InChI=1S/C16H15BrN2O2/c1-21-15-8-7-13(10-14(15)17)19-16(20)9-4-11-2-5-12(18)6-3-11/h2-10H,18H2,1H3,(H,19,20)/b9-4+. The highest BCUT2D eigenvalue weighted by Crippen LogP contribution is 2.27. The summed E-state index contributed by atoms with van der Waals surface area (Å²) < 4.78 is 5.92. The normalized spacial score (nSPS) is 10.6. The van der Waals surface area contributed by atoms with E-state index >= 15 is 0 Å². The zero-order valence-corrected chi connectivity index (χ0v) is 13.1. The minimum atomic E-state index is -0.205. The molecule has 0 saturated heterocycles. The second kappa shape index (κ2) is 6.95. The van der Waals surface area contributed by atoms with Gasteiger partial charge in [-0.3, -0.25) is 4.79 Å². The van der Waals surface area contributed by atoms with Crippen LogP contribution in [0.25, 0.3) is 6.08 Å². The molecule has 0 heterocycles. The number of methoxy groups -OCH3 is 1. The Morgan fingerprint density at radius 1 is 1.24 bits per heavy atom. The van der Waals surface area contributed by atoms with Crippen molar-refractivity contribution in [2.24, 2.45) is 0 Å². The van der Waals surface area contributed by atoms with Gasteiger partial charge in [-0.05, 0) is 57.9 Å². The molecular weight excluding hydrogens is 332 g/mol. The maximum Gasteiger partial charge on any atom is 0.248 e. The molecule has 0 spiro atoms. The Labute approximate surface area is 131 Å². The van der Waals surface area contributed by atoms with Crippen molar-refractivity contribution in [3.63, 3.8) is 0 Å². The monoisotopic (exact) mass is 346 g/mol. The number of rotatable bonds is 4. The number of nitrogens with two attached hydrogens (primary N) is 1. The Morgan fingerprint density at radius 3 is 2.57 bits per heavy atom. The number of hydrogen-bond acceptors (Lipinski definition) is 3. The van der Waals surface area contributed by atoms with Crippen LogP contribution < -0.4 is 15.8 Å². The zero-order chi connectivity index (χ0) is 15.2. The highest BCUT2D eigenvalue weighted by Gasteiger charge is 2.03. The fourth-order valence-electron chi connectivity index (χ4n) is 1.71. The molecule has 0 fully saturated rings. The predicted octanol–water partition coefficient (Wildman–Crippen LogP) is 3.69. The van der Waals surface area contributed by atoms with Gasteiger partial charge in [0.05, 0.1) is 11.6 Å². The van der Waals surface area contributed by atoms with Crippen molar-refractivity contribution < 1.29 is 9.53 Å². The lowest BCUT2D eigenvalue weighted by Crippen LogP contribution is -2.07. The largest absolute Gasteiger partial charge is 0.496 e. The average molecular weight is 347 g/mol. The van der Waals surface area contributed by atoms with Crippen LogP contribution in [0.4, 0.5) is 11.4 Å². The van der Waals surface area contributed by atoms with Gasteiger partial charge in [0.25, 0.3) is 0 Å². The molecule has 0 unspecified atom stereocenters. The maximum absolute atomic E-state index is 11.8. The number of ether oxygens (including phenoxy) is 1. The number of amides is 1. The van der Waals surface area contributed by atoms with Crippen molar-refractivity contribution >= 4 is 39.3 Å². The van der Waals surface area contributed by atoms with Gasteiger partial charge in [-0.25, -0.2) is 0 Å². The minimum absolute atomic E-state index is 0.205. The van der Waals surface area contributed by atoms with E-state index in [0.29, 0.717) is 17.1 Å². The molecule has 0 saturated carbocycles. The van der Waals surface area contributed by atoms with Crippen molar-refractivity contribution in [3.05, 3.63) is 58.6 Å². The summed E-state index contributed by atoms with van der Waals surface area (Å²) in [6.45, 7) is 0. The van der Waals surface area contributed by atoms with E-state index in [9.17, 15) is 4.79 Å². The Balaban J connectivity index is 2.01. The van der Waals surface area contributed by atoms with Crippen LogP contribution in [0.5, 0.6) is 5.75 Å². The van der Waals surface area contributed by atoms with Crippen LogP contribution in [0.1, 0.15) is 5.56 Å². The van der Waals surface area contributed by atoms with Crippen LogP contribution in [0.15, 0.2) is 53.0 Å². The predicted molar refractivity (Wildman–Crippen MR) is 89.2 cm³/mol. The van der Waals surface area contributed by atoms with Crippen LogP contribution in [0.3, 0.4) is 0 Å².